The molecule has 0 aliphatic heterocycles. The van der Waals surface area contributed by atoms with Crippen molar-refractivity contribution in [3.8, 4) is 0 Å². The average Bonchev–Trinajstić information content (AvgIpc) is 1.79. The molecule has 0 aromatic heterocycles. The van der Waals surface area contributed by atoms with E-state index >= 15 is 0 Å². The van der Waals surface area contributed by atoms with Crippen molar-refractivity contribution in [2.45, 2.75) is 32.4 Å². The highest BCUT2D eigenvalue weighted by Crippen LogP contribution is 2.06. The van der Waals surface area contributed by atoms with E-state index < -0.39 is 22.0 Å². The molecular formula is C6H13FO3S. The summed E-state index contributed by atoms with van der Waals surface area (Å²) in [6.45, 7) is 1.89. The molecular weight excluding hydrogens is 171 g/mol. The molecule has 0 fully saturated rings. The van der Waals surface area contributed by atoms with E-state index in [0.717, 1.165) is 6.42 Å². The van der Waals surface area contributed by atoms with Crippen LogP contribution in [-0.4, -0.2) is 24.9 Å². The molecule has 11 heavy (non-hydrogen) atoms. The summed E-state index contributed by atoms with van der Waals surface area (Å²) in [5.41, 5.74) is 0. The Balaban J connectivity index is 3.61. The minimum absolute atomic E-state index is 0.205. The monoisotopic (exact) mass is 184 g/mol. The Morgan fingerprint density at radius 3 is 2.45 bits per heavy atom. The van der Waals surface area contributed by atoms with Gasteiger partial charge < -0.3 is 0 Å². The second-order valence-electron chi connectivity index (χ2n) is 2.49. The fourth-order valence-electron chi connectivity index (χ4n) is 0.737. The van der Waals surface area contributed by atoms with Crippen molar-refractivity contribution in [2.75, 3.05) is 5.75 Å². The maximum atomic E-state index is 12.5. The van der Waals surface area contributed by atoms with Gasteiger partial charge in [-0.15, -0.1) is 0 Å². The topological polar surface area (TPSA) is 54.4 Å². The van der Waals surface area contributed by atoms with Crippen LogP contribution in [0.15, 0.2) is 0 Å². The summed E-state index contributed by atoms with van der Waals surface area (Å²) in [6.07, 6.45) is 0.253. The fourth-order valence-corrected chi connectivity index (χ4v) is 1.36. The van der Waals surface area contributed by atoms with Crippen molar-refractivity contribution >= 4 is 10.1 Å². The molecule has 0 amide bonds. The first-order valence-electron chi connectivity index (χ1n) is 3.55. The normalized spacial score (nSPS) is 14.8. The molecule has 0 radical (unpaired) electrons. The molecule has 0 rings (SSSR count). The SMILES string of the molecule is CCCCC(F)CS(=O)(=O)O. The lowest BCUT2D eigenvalue weighted by Gasteiger charge is -2.03. The minimum Gasteiger partial charge on any atom is -0.285 e. The summed E-state index contributed by atoms with van der Waals surface area (Å²) in [6, 6.07) is 0. The van der Waals surface area contributed by atoms with Gasteiger partial charge in [-0.2, -0.15) is 8.42 Å². The molecule has 68 valence electrons. The fraction of sp³-hybridized carbons (Fsp3) is 1.00. The number of hydrogen-bond acceptors (Lipinski definition) is 2. The van der Waals surface area contributed by atoms with Crippen LogP contribution in [0.3, 0.4) is 0 Å². The minimum atomic E-state index is -4.13. The largest absolute Gasteiger partial charge is 0.285 e. The number of alkyl halides is 1. The molecule has 1 N–H and O–H groups in total. The van der Waals surface area contributed by atoms with E-state index in [1.54, 1.807) is 0 Å². The smallest absolute Gasteiger partial charge is 0.267 e. The third-order valence-corrected chi connectivity index (χ3v) is 2.05. The second-order valence-corrected chi connectivity index (χ2v) is 3.99. The zero-order valence-electron chi connectivity index (χ0n) is 6.46. The Morgan fingerprint density at radius 2 is 2.09 bits per heavy atom. The Hall–Kier alpha value is -0.160. The molecule has 0 aliphatic rings. The van der Waals surface area contributed by atoms with E-state index in [2.05, 4.69) is 0 Å². The molecule has 3 nitrogen and oxygen atoms in total. The van der Waals surface area contributed by atoms with Crippen molar-refractivity contribution in [3.05, 3.63) is 0 Å². The van der Waals surface area contributed by atoms with Gasteiger partial charge in [-0.3, -0.25) is 4.55 Å². The molecule has 0 aromatic carbocycles. The summed E-state index contributed by atoms with van der Waals surface area (Å²) in [4.78, 5) is 0. The number of rotatable bonds is 5. The highest BCUT2D eigenvalue weighted by atomic mass is 32.2. The second kappa shape index (κ2) is 4.66. The Kier molecular flexibility index (Phi) is 4.60. The van der Waals surface area contributed by atoms with Crippen molar-refractivity contribution < 1.29 is 17.4 Å². The van der Waals surface area contributed by atoms with Gasteiger partial charge in [0.25, 0.3) is 10.1 Å². The third kappa shape index (κ3) is 7.74. The highest BCUT2D eigenvalue weighted by molar-refractivity contribution is 7.85. The van der Waals surface area contributed by atoms with Crippen LogP contribution < -0.4 is 0 Å². The molecule has 0 spiro atoms. The van der Waals surface area contributed by atoms with Gasteiger partial charge in [0.2, 0.25) is 0 Å². The van der Waals surface area contributed by atoms with Gasteiger partial charge in [0, 0.05) is 0 Å². The Labute approximate surface area is 66.4 Å². The predicted molar refractivity (Wildman–Crippen MR) is 40.8 cm³/mol. The molecule has 0 saturated heterocycles. The predicted octanol–water partition coefficient (Wildman–Crippen LogP) is 1.40. The van der Waals surface area contributed by atoms with Gasteiger partial charge in [0.15, 0.2) is 0 Å². The van der Waals surface area contributed by atoms with Gasteiger partial charge in [0.1, 0.15) is 11.9 Å². The lowest BCUT2D eigenvalue weighted by molar-refractivity contribution is 0.327. The maximum Gasteiger partial charge on any atom is 0.267 e. The van der Waals surface area contributed by atoms with Crippen LogP contribution in [0.25, 0.3) is 0 Å². The van der Waals surface area contributed by atoms with Crippen LogP contribution in [0, 0.1) is 0 Å². The van der Waals surface area contributed by atoms with Crippen LogP contribution >= 0.6 is 0 Å². The quantitative estimate of drug-likeness (QED) is 0.657. The number of halogens is 1. The van der Waals surface area contributed by atoms with Crippen LogP contribution in [0.4, 0.5) is 4.39 Å². The van der Waals surface area contributed by atoms with Crippen molar-refractivity contribution in [1.82, 2.24) is 0 Å². The molecule has 0 aromatic rings. The zero-order valence-corrected chi connectivity index (χ0v) is 7.27. The molecule has 0 aliphatic carbocycles. The summed E-state index contributed by atoms with van der Waals surface area (Å²) < 4.78 is 41.0. The molecule has 0 saturated carbocycles. The van der Waals surface area contributed by atoms with Gasteiger partial charge in [-0.05, 0) is 6.42 Å². The van der Waals surface area contributed by atoms with Gasteiger partial charge in [-0.1, -0.05) is 19.8 Å². The lowest BCUT2D eigenvalue weighted by Crippen LogP contribution is -2.15. The van der Waals surface area contributed by atoms with Crippen LogP contribution in [0.1, 0.15) is 26.2 Å². The first kappa shape index (κ1) is 10.8. The van der Waals surface area contributed by atoms with E-state index in [1.807, 2.05) is 6.92 Å². The van der Waals surface area contributed by atoms with Crippen LogP contribution in [-0.2, 0) is 10.1 Å². The first-order chi connectivity index (χ1) is 4.95. The van der Waals surface area contributed by atoms with Crippen molar-refractivity contribution in [3.63, 3.8) is 0 Å². The lowest BCUT2D eigenvalue weighted by atomic mass is 10.2. The standard InChI is InChI=1S/C6H13FO3S/c1-2-3-4-6(7)5-11(8,9)10/h6H,2-5H2,1H3,(H,8,9,10). The first-order valence-corrected chi connectivity index (χ1v) is 5.16. The van der Waals surface area contributed by atoms with Crippen LogP contribution in [0.2, 0.25) is 0 Å². The maximum absolute atomic E-state index is 12.5. The summed E-state index contributed by atoms with van der Waals surface area (Å²) in [7, 11) is -4.13. The summed E-state index contributed by atoms with van der Waals surface area (Å²) in [5, 5.41) is 0. The molecule has 0 bridgehead atoms. The molecule has 5 heteroatoms. The van der Waals surface area contributed by atoms with E-state index in [1.165, 1.54) is 0 Å². The highest BCUT2D eigenvalue weighted by Gasteiger charge is 2.14. The van der Waals surface area contributed by atoms with Crippen LogP contribution in [0.5, 0.6) is 0 Å². The summed E-state index contributed by atoms with van der Waals surface area (Å²) in [5.74, 6) is -0.771. The third-order valence-electron chi connectivity index (χ3n) is 1.26. The summed E-state index contributed by atoms with van der Waals surface area (Å²) >= 11 is 0. The average molecular weight is 184 g/mol. The molecule has 1 unspecified atom stereocenters. The molecule has 1 atom stereocenters. The van der Waals surface area contributed by atoms with E-state index in [0.29, 0.717) is 6.42 Å². The van der Waals surface area contributed by atoms with Crippen molar-refractivity contribution in [2.24, 2.45) is 0 Å². The number of hydrogen-bond donors (Lipinski definition) is 1. The Morgan fingerprint density at radius 1 is 1.55 bits per heavy atom. The van der Waals surface area contributed by atoms with Crippen molar-refractivity contribution in [1.29, 1.82) is 0 Å². The van der Waals surface area contributed by atoms with E-state index in [9.17, 15) is 12.8 Å². The van der Waals surface area contributed by atoms with Gasteiger partial charge in [-0.25, -0.2) is 4.39 Å². The van der Waals surface area contributed by atoms with Gasteiger partial charge in [0.05, 0.1) is 0 Å². The van der Waals surface area contributed by atoms with Gasteiger partial charge >= 0.3 is 0 Å². The number of unbranched alkanes of at least 4 members (excludes halogenated alkanes) is 1. The Bertz CT molecular complexity index is 188. The molecule has 0 heterocycles. The van der Waals surface area contributed by atoms with E-state index in [-0.39, 0.29) is 6.42 Å². The zero-order chi connectivity index (χ0) is 8.91. The van der Waals surface area contributed by atoms with E-state index in [4.69, 9.17) is 4.55 Å².